The fraction of sp³-hybridized carbons (Fsp3) is 0.579. The minimum absolute atomic E-state index is 0.0357. The molecule has 0 radical (unpaired) electrons. The predicted molar refractivity (Wildman–Crippen MR) is 103 cm³/mol. The van der Waals surface area contributed by atoms with Crippen molar-refractivity contribution in [3.8, 4) is 0 Å². The van der Waals surface area contributed by atoms with Crippen LogP contribution in [-0.4, -0.2) is 54.7 Å². The van der Waals surface area contributed by atoms with Gasteiger partial charge in [0, 0.05) is 31.6 Å². The van der Waals surface area contributed by atoms with Gasteiger partial charge in [-0.15, -0.1) is 0 Å². The molecular formula is C19H25N4O4-. The molecule has 27 heavy (non-hydrogen) atoms. The number of carbonyl (C=O) groups excluding carboxylic acids is 2. The molecule has 0 aliphatic carbocycles. The SMILES string of the molecule is CC(C)(C)OC(=O)N1CCC2C(C1)CN([O-])c1cccc3c1N2CC(=O)N3. The first-order chi connectivity index (χ1) is 12.7. The Morgan fingerprint density at radius 3 is 2.81 bits per heavy atom. The number of carbonyl (C=O) groups is 2. The number of hydrogen-bond acceptors (Lipinski definition) is 6. The summed E-state index contributed by atoms with van der Waals surface area (Å²) in [5, 5.41) is 16.7. The molecule has 8 heteroatoms. The monoisotopic (exact) mass is 373 g/mol. The van der Waals surface area contributed by atoms with Gasteiger partial charge < -0.3 is 30.1 Å². The summed E-state index contributed by atoms with van der Waals surface area (Å²) in [6, 6.07) is 5.44. The van der Waals surface area contributed by atoms with Crippen LogP contribution in [0.5, 0.6) is 0 Å². The topological polar surface area (TPSA) is 88.2 Å². The van der Waals surface area contributed by atoms with Crippen LogP contribution in [-0.2, 0) is 9.53 Å². The summed E-state index contributed by atoms with van der Waals surface area (Å²) >= 11 is 0. The molecule has 3 aliphatic rings. The molecule has 2 amide bonds. The van der Waals surface area contributed by atoms with Crippen molar-refractivity contribution in [1.29, 1.82) is 0 Å². The van der Waals surface area contributed by atoms with Gasteiger partial charge in [-0.3, -0.25) is 4.79 Å². The second kappa shape index (κ2) is 6.30. The Morgan fingerprint density at radius 2 is 2.07 bits per heavy atom. The molecular weight excluding hydrogens is 348 g/mol. The van der Waals surface area contributed by atoms with E-state index in [-0.39, 0.29) is 37.0 Å². The number of amides is 2. The van der Waals surface area contributed by atoms with E-state index in [4.69, 9.17) is 4.74 Å². The third kappa shape index (κ3) is 3.29. The number of nitrogens with zero attached hydrogens (tertiary/aromatic N) is 3. The number of benzene rings is 1. The van der Waals surface area contributed by atoms with Gasteiger partial charge in [0.05, 0.1) is 23.6 Å². The van der Waals surface area contributed by atoms with Crippen molar-refractivity contribution in [2.75, 3.05) is 41.5 Å². The summed E-state index contributed by atoms with van der Waals surface area (Å²) in [6.45, 7) is 7.02. The first-order valence-corrected chi connectivity index (χ1v) is 9.35. The fourth-order valence-electron chi connectivity index (χ4n) is 4.26. The zero-order chi connectivity index (χ0) is 19.3. The van der Waals surface area contributed by atoms with Crippen LogP contribution in [0.4, 0.5) is 21.9 Å². The van der Waals surface area contributed by atoms with E-state index in [1.54, 1.807) is 17.0 Å². The summed E-state index contributed by atoms with van der Waals surface area (Å²) < 4.78 is 5.49. The number of piperidine rings is 1. The minimum Gasteiger partial charge on any atom is -0.758 e. The molecule has 3 aliphatic heterocycles. The molecule has 0 spiro atoms. The Hall–Kier alpha value is -2.48. The summed E-state index contributed by atoms with van der Waals surface area (Å²) in [7, 11) is 0. The molecule has 4 rings (SSSR count). The van der Waals surface area contributed by atoms with Gasteiger partial charge in [-0.2, -0.15) is 0 Å². The second-order valence-corrected chi connectivity index (χ2v) is 8.45. The molecule has 2 unspecified atom stereocenters. The average molecular weight is 373 g/mol. The van der Waals surface area contributed by atoms with E-state index in [9.17, 15) is 14.8 Å². The van der Waals surface area contributed by atoms with E-state index in [1.165, 1.54) is 0 Å². The standard InChI is InChI=1S/C19H25N4O4/c1-19(2,3)27-18(25)21-8-7-14-12(9-21)10-23(26)15-6-4-5-13-17(15)22(14)11-16(24)20-13/h4-6,12,14H,7-11H2,1-3H3,(H,20,24)/q-1. The van der Waals surface area contributed by atoms with Crippen molar-refractivity contribution in [3.63, 3.8) is 0 Å². The van der Waals surface area contributed by atoms with E-state index in [0.717, 1.165) is 10.8 Å². The van der Waals surface area contributed by atoms with Crippen LogP contribution in [0, 0.1) is 11.1 Å². The van der Waals surface area contributed by atoms with Crippen LogP contribution in [0.15, 0.2) is 18.2 Å². The highest BCUT2D eigenvalue weighted by molar-refractivity contribution is 6.04. The normalized spacial score (nSPS) is 24.6. The number of fused-ring (bicyclic) bond motifs is 2. The molecule has 1 N–H and O–H groups in total. The lowest BCUT2D eigenvalue weighted by Gasteiger charge is -2.45. The Labute approximate surface area is 158 Å². The third-order valence-corrected chi connectivity index (χ3v) is 5.30. The Balaban J connectivity index is 1.62. The average Bonchev–Trinajstić information content (AvgIpc) is 2.69. The highest BCUT2D eigenvalue weighted by atomic mass is 16.6. The molecule has 1 aromatic rings. The maximum absolute atomic E-state index is 12.8. The van der Waals surface area contributed by atoms with E-state index in [2.05, 4.69) is 10.2 Å². The number of anilines is 3. The highest BCUT2D eigenvalue weighted by Gasteiger charge is 2.42. The van der Waals surface area contributed by atoms with Gasteiger partial charge in [-0.1, -0.05) is 6.07 Å². The molecule has 3 heterocycles. The lowest BCUT2D eigenvalue weighted by molar-refractivity contribution is -0.115. The van der Waals surface area contributed by atoms with E-state index >= 15 is 0 Å². The van der Waals surface area contributed by atoms with Gasteiger partial charge in [0.15, 0.2) is 0 Å². The summed E-state index contributed by atoms with van der Waals surface area (Å²) in [5.41, 5.74) is 1.49. The predicted octanol–water partition coefficient (Wildman–Crippen LogP) is 2.39. The molecule has 0 bridgehead atoms. The Morgan fingerprint density at radius 1 is 1.30 bits per heavy atom. The van der Waals surface area contributed by atoms with Crippen molar-refractivity contribution in [2.24, 2.45) is 5.92 Å². The first-order valence-electron chi connectivity index (χ1n) is 9.35. The van der Waals surface area contributed by atoms with E-state index in [1.807, 2.05) is 26.8 Å². The minimum atomic E-state index is -0.557. The van der Waals surface area contributed by atoms with Gasteiger partial charge in [-0.25, -0.2) is 4.79 Å². The smallest absolute Gasteiger partial charge is 0.410 e. The third-order valence-electron chi connectivity index (χ3n) is 5.30. The maximum atomic E-state index is 12.8. The number of para-hydroxylation sites is 1. The van der Waals surface area contributed by atoms with Crippen molar-refractivity contribution in [2.45, 2.75) is 38.8 Å². The molecule has 1 saturated heterocycles. The van der Waals surface area contributed by atoms with Crippen LogP contribution in [0.1, 0.15) is 27.2 Å². The van der Waals surface area contributed by atoms with Crippen molar-refractivity contribution in [1.82, 2.24) is 4.90 Å². The number of likely N-dealkylation sites (tertiary alicyclic amines) is 1. The van der Waals surface area contributed by atoms with Crippen molar-refractivity contribution in [3.05, 3.63) is 23.4 Å². The zero-order valence-electron chi connectivity index (χ0n) is 15.9. The Kier molecular flexibility index (Phi) is 4.18. The summed E-state index contributed by atoms with van der Waals surface area (Å²) in [4.78, 5) is 28.4. The van der Waals surface area contributed by atoms with E-state index in [0.29, 0.717) is 30.9 Å². The molecule has 1 aromatic carbocycles. The van der Waals surface area contributed by atoms with Gasteiger partial charge in [0.2, 0.25) is 5.91 Å². The number of hydrogen-bond donors (Lipinski definition) is 1. The zero-order valence-corrected chi connectivity index (χ0v) is 15.9. The largest absolute Gasteiger partial charge is 0.758 e. The van der Waals surface area contributed by atoms with Gasteiger partial charge in [0.25, 0.3) is 0 Å². The van der Waals surface area contributed by atoms with Crippen LogP contribution < -0.4 is 15.3 Å². The van der Waals surface area contributed by atoms with Gasteiger partial charge >= 0.3 is 6.09 Å². The van der Waals surface area contributed by atoms with E-state index < -0.39 is 5.60 Å². The highest BCUT2D eigenvalue weighted by Crippen LogP contribution is 2.44. The summed E-state index contributed by atoms with van der Waals surface area (Å²) in [5.74, 6) is -0.137. The van der Waals surface area contributed by atoms with Crippen LogP contribution >= 0.6 is 0 Å². The number of hydroxylamine groups is 1. The van der Waals surface area contributed by atoms with Crippen molar-refractivity contribution < 1.29 is 14.3 Å². The number of rotatable bonds is 0. The summed E-state index contributed by atoms with van der Waals surface area (Å²) in [6.07, 6.45) is 0.343. The molecule has 8 nitrogen and oxygen atoms in total. The first kappa shape index (κ1) is 17.9. The molecule has 0 saturated carbocycles. The lowest BCUT2D eigenvalue weighted by Crippen LogP contribution is -2.56. The number of ether oxygens (including phenoxy) is 1. The quantitative estimate of drug-likeness (QED) is 0.751. The second-order valence-electron chi connectivity index (χ2n) is 8.45. The van der Waals surface area contributed by atoms with Crippen LogP contribution in [0.3, 0.4) is 0 Å². The van der Waals surface area contributed by atoms with Crippen LogP contribution in [0.2, 0.25) is 0 Å². The fourth-order valence-corrected chi connectivity index (χ4v) is 4.26. The maximum Gasteiger partial charge on any atom is 0.410 e. The van der Waals surface area contributed by atoms with Gasteiger partial charge in [-0.05, 0) is 39.3 Å². The number of nitrogens with one attached hydrogen (secondary N) is 1. The molecule has 0 aromatic heterocycles. The molecule has 1 fully saturated rings. The van der Waals surface area contributed by atoms with Crippen molar-refractivity contribution >= 4 is 29.1 Å². The molecule has 2 atom stereocenters. The van der Waals surface area contributed by atoms with Gasteiger partial charge in [0.1, 0.15) is 5.60 Å². The molecule has 146 valence electrons. The van der Waals surface area contributed by atoms with Crippen LogP contribution in [0.25, 0.3) is 0 Å². The lowest BCUT2D eigenvalue weighted by atomic mass is 9.90. The Bertz CT molecular complexity index is 775.